The Morgan fingerprint density at radius 1 is 1.28 bits per heavy atom. The van der Waals surface area contributed by atoms with E-state index in [0.29, 0.717) is 30.8 Å². The van der Waals surface area contributed by atoms with Gasteiger partial charge in [-0.1, -0.05) is 0 Å². The zero-order valence-electron chi connectivity index (χ0n) is 11.6. The molecule has 0 aromatic heterocycles. The molecule has 4 nitrogen and oxygen atoms in total. The van der Waals surface area contributed by atoms with Gasteiger partial charge in [-0.3, -0.25) is 4.79 Å². The maximum Gasteiger partial charge on any atom is 0.224 e. The molecule has 0 aromatic rings. The summed E-state index contributed by atoms with van der Waals surface area (Å²) in [5.41, 5.74) is 5.74. The van der Waals surface area contributed by atoms with Crippen molar-refractivity contribution in [2.45, 2.75) is 45.1 Å². The molecule has 2 N–H and O–H groups in total. The van der Waals surface area contributed by atoms with Crippen LogP contribution in [0.5, 0.6) is 0 Å². The lowest BCUT2D eigenvalue weighted by atomic mass is 9.93. The highest BCUT2D eigenvalue weighted by Crippen LogP contribution is 2.22. The summed E-state index contributed by atoms with van der Waals surface area (Å²) in [5.74, 6) is 0.837. The van der Waals surface area contributed by atoms with Gasteiger partial charge < -0.3 is 15.5 Å². The van der Waals surface area contributed by atoms with Crippen molar-refractivity contribution in [3.63, 3.8) is 0 Å². The minimum absolute atomic E-state index is 0.326. The molecule has 0 aliphatic carbocycles. The smallest absolute Gasteiger partial charge is 0.224 e. The second-order valence-electron chi connectivity index (χ2n) is 5.87. The number of carbonyl (C=O) groups is 1. The zero-order chi connectivity index (χ0) is 13.0. The summed E-state index contributed by atoms with van der Waals surface area (Å²) < 4.78 is 0. The molecular formula is C14H27N3O. The lowest BCUT2D eigenvalue weighted by Crippen LogP contribution is -2.47. The second-order valence-corrected chi connectivity index (χ2v) is 5.87. The van der Waals surface area contributed by atoms with Crippen LogP contribution in [0.15, 0.2) is 0 Å². The third-order valence-corrected chi connectivity index (χ3v) is 4.47. The molecule has 2 aliphatic heterocycles. The van der Waals surface area contributed by atoms with Crippen LogP contribution in [0.25, 0.3) is 0 Å². The fourth-order valence-electron chi connectivity index (χ4n) is 3.13. The maximum absolute atomic E-state index is 12.3. The molecule has 2 saturated heterocycles. The summed E-state index contributed by atoms with van der Waals surface area (Å²) >= 11 is 0. The standard InChI is InChI=1S/C14H27N3O/c1-12-4-5-13(10-15)11-17(12)14(18)6-9-16-7-2-3-8-16/h12-13H,2-11,15H2,1H3. The van der Waals surface area contributed by atoms with E-state index in [1.807, 2.05) is 0 Å². The van der Waals surface area contributed by atoms with E-state index in [1.54, 1.807) is 0 Å². The van der Waals surface area contributed by atoms with Crippen molar-refractivity contribution in [1.82, 2.24) is 9.80 Å². The first-order valence-corrected chi connectivity index (χ1v) is 7.42. The first-order valence-electron chi connectivity index (χ1n) is 7.42. The van der Waals surface area contributed by atoms with Crippen molar-refractivity contribution < 1.29 is 4.79 Å². The van der Waals surface area contributed by atoms with Gasteiger partial charge in [-0.25, -0.2) is 0 Å². The second kappa shape index (κ2) is 6.53. The molecule has 2 fully saturated rings. The number of nitrogens with two attached hydrogens (primary N) is 1. The van der Waals surface area contributed by atoms with Gasteiger partial charge in [-0.2, -0.15) is 0 Å². The lowest BCUT2D eigenvalue weighted by molar-refractivity contribution is -0.135. The number of amides is 1. The van der Waals surface area contributed by atoms with E-state index in [2.05, 4.69) is 16.7 Å². The molecule has 0 spiro atoms. The molecule has 2 aliphatic rings. The molecule has 0 bridgehead atoms. The van der Waals surface area contributed by atoms with E-state index < -0.39 is 0 Å². The number of likely N-dealkylation sites (tertiary alicyclic amines) is 2. The Balaban J connectivity index is 1.78. The Morgan fingerprint density at radius 3 is 2.67 bits per heavy atom. The first kappa shape index (κ1) is 13.8. The fourth-order valence-corrected chi connectivity index (χ4v) is 3.13. The van der Waals surface area contributed by atoms with E-state index in [9.17, 15) is 4.79 Å². The van der Waals surface area contributed by atoms with Crippen LogP contribution in [0.3, 0.4) is 0 Å². The Hall–Kier alpha value is -0.610. The largest absolute Gasteiger partial charge is 0.340 e. The Bertz CT molecular complexity index is 276. The van der Waals surface area contributed by atoms with Crippen LogP contribution < -0.4 is 5.73 Å². The monoisotopic (exact) mass is 253 g/mol. The molecular weight excluding hydrogens is 226 g/mol. The molecule has 2 unspecified atom stereocenters. The van der Waals surface area contributed by atoms with Crippen LogP contribution in [0.1, 0.15) is 39.0 Å². The number of nitrogens with zero attached hydrogens (tertiary/aromatic N) is 2. The van der Waals surface area contributed by atoms with Crippen molar-refractivity contribution >= 4 is 5.91 Å². The Morgan fingerprint density at radius 2 is 2.00 bits per heavy atom. The molecule has 0 aromatic carbocycles. The van der Waals surface area contributed by atoms with E-state index in [4.69, 9.17) is 5.73 Å². The molecule has 0 radical (unpaired) electrons. The van der Waals surface area contributed by atoms with Gasteiger partial charge in [-0.05, 0) is 58.2 Å². The number of hydrogen-bond acceptors (Lipinski definition) is 3. The number of piperidine rings is 1. The highest BCUT2D eigenvalue weighted by atomic mass is 16.2. The Kier molecular flexibility index (Phi) is 5.01. The number of carbonyl (C=O) groups excluding carboxylic acids is 1. The molecule has 18 heavy (non-hydrogen) atoms. The van der Waals surface area contributed by atoms with Gasteiger partial charge in [0, 0.05) is 25.6 Å². The van der Waals surface area contributed by atoms with Crippen LogP contribution in [0.2, 0.25) is 0 Å². The quantitative estimate of drug-likeness (QED) is 0.815. The van der Waals surface area contributed by atoms with Crippen LogP contribution >= 0.6 is 0 Å². The molecule has 2 rings (SSSR count). The molecule has 4 heteroatoms. The molecule has 2 atom stereocenters. The molecule has 2 heterocycles. The summed E-state index contributed by atoms with van der Waals surface area (Å²) in [6.07, 6.45) is 5.56. The third-order valence-electron chi connectivity index (χ3n) is 4.47. The summed E-state index contributed by atoms with van der Waals surface area (Å²) in [6.45, 7) is 7.04. The van der Waals surface area contributed by atoms with Crippen molar-refractivity contribution in [2.24, 2.45) is 11.7 Å². The minimum Gasteiger partial charge on any atom is -0.340 e. The average molecular weight is 253 g/mol. The fraction of sp³-hybridized carbons (Fsp3) is 0.929. The first-order chi connectivity index (χ1) is 8.70. The Labute approximate surface area is 110 Å². The average Bonchev–Trinajstić information content (AvgIpc) is 2.89. The van der Waals surface area contributed by atoms with Crippen LogP contribution in [-0.4, -0.2) is 54.5 Å². The van der Waals surface area contributed by atoms with E-state index in [-0.39, 0.29) is 0 Å². The van der Waals surface area contributed by atoms with E-state index in [1.165, 1.54) is 32.4 Å². The van der Waals surface area contributed by atoms with Crippen molar-refractivity contribution in [1.29, 1.82) is 0 Å². The lowest BCUT2D eigenvalue weighted by Gasteiger charge is -2.38. The molecule has 1 amide bonds. The zero-order valence-corrected chi connectivity index (χ0v) is 11.6. The van der Waals surface area contributed by atoms with E-state index >= 15 is 0 Å². The molecule has 104 valence electrons. The maximum atomic E-state index is 12.3. The number of rotatable bonds is 4. The summed E-state index contributed by atoms with van der Waals surface area (Å²) in [5, 5.41) is 0. The van der Waals surface area contributed by atoms with Crippen LogP contribution in [0.4, 0.5) is 0 Å². The summed E-state index contributed by atoms with van der Waals surface area (Å²) in [7, 11) is 0. The summed E-state index contributed by atoms with van der Waals surface area (Å²) in [6, 6.07) is 0.402. The van der Waals surface area contributed by atoms with E-state index in [0.717, 1.165) is 19.5 Å². The van der Waals surface area contributed by atoms with Gasteiger partial charge in [0.15, 0.2) is 0 Å². The topological polar surface area (TPSA) is 49.6 Å². The highest BCUT2D eigenvalue weighted by Gasteiger charge is 2.28. The van der Waals surface area contributed by atoms with Gasteiger partial charge >= 0.3 is 0 Å². The van der Waals surface area contributed by atoms with Gasteiger partial charge in [0.2, 0.25) is 5.91 Å². The normalized spacial score (nSPS) is 29.8. The van der Waals surface area contributed by atoms with Gasteiger partial charge in [-0.15, -0.1) is 0 Å². The summed E-state index contributed by atoms with van der Waals surface area (Å²) in [4.78, 5) is 16.8. The van der Waals surface area contributed by atoms with Crippen LogP contribution in [0, 0.1) is 5.92 Å². The van der Waals surface area contributed by atoms with Gasteiger partial charge in [0.1, 0.15) is 0 Å². The van der Waals surface area contributed by atoms with Crippen LogP contribution in [-0.2, 0) is 4.79 Å². The predicted molar refractivity (Wildman–Crippen MR) is 73.2 cm³/mol. The van der Waals surface area contributed by atoms with Gasteiger partial charge in [0.05, 0.1) is 0 Å². The van der Waals surface area contributed by atoms with Crippen molar-refractivity contribution in [3.8, 4) is 0 Å². The van der Waals surface area contributed by atoms with Crippen molar-refractivity contribution in [3.05, 3.63) is 0 Å². The van der Waals surface area contributed by atoms with Gasteiger partial charge in [0.25, 0.3) is 0 Å². The minimum atomic E-state index is 0.326. The highest BCUT2D eigenvalue weighted by molar-refractivity contribution is 5.76. The van der Waals surface area contributed by atoms with Crippen molar-refractivity contribution in [2.75, 3.05) is 32.7 Å². The predicted octanol–water partition coefficient (Wildman–Crippen LogP) is 1.06. The SMILES string of the molecule is CC1CCC(CN)CN1C(=O)CCN1CCCC1. The number of hydrogen-bond donors (Lipinski definition) is 1. The molecule has 0 saturated carbocycles. The third kappa shape index (κ3) is 3.45.